The lowest BCUT2D eigenvalue weighted by atomic mass is 9.79. The molecule has 0 amide bonds. The second-order valence-corrected chi connectivity index (χ2v) is 6.91. The van der Waals surface area contributed by atoms with Gasteiger partial charge in [0.05, 0.1) is 0 Å². The van der Waals surface area contributed by atoms with Gasteiger partial charge in [-0.1, -0.05) is 13.8 Å². The molecule has 3 nitrogen and oxygen atoms in total. The van der Waals surface area contributed by atoms with E-state index < -0.39 is 0 Å². The van der Waals surface area contributed by atoms with Gasteiger partial charge in [0.15, 0.2) is 0 Å². The van der Waals surface area contributed by atoms with Gasteiger partial charge in [-0.05, 0) is 50.5 Å². The van der Waals surface area contributed by atoms with Crippen molar-refractivity contribution in [1.29, 1.82) is 0 Å². The maximum Gasteiger partial charge on any atom is 0.0472 e. The third-order valence-electron chi connectivity index (χ3n) is 4.93. The van der Waals surface area contributed by atoms with E-state index in [9.17, 15) is 0 Å². The van der Waals surface area contributed by atoms with E-state index in [-0.39, 0.29) is 0 Å². The van der Waals surface area contributed by atoms with Crippen LogP contribution in [-0.4, -0.2) is 50.3 Å². The van der Waals surface area contributed by atoms with Crippen LogP contribution in [0.3, 0.4) is 0 Å². The van der Waals surface area contributed by atoms with Crippen molar-refractivity contribution in [1.82, 2.24) is 10.2 Å². The summed E-state index contributed by atoms with van der Waals surface area (Å²) in [6, 6.07) is 0.765. The predicted octanol–water partition coefficient (Wildman–Crippen LogP) is 2.51. The van der Waals surface area contributed by atoms with Gasteiger partial charge in [0.25, 0.3) is 0 Å². The van der Waals surface area contributed by atoms with E-state index in [1.807, 2.05) is 0 Å². The van der Waals surface area contributed by atoms with Crippen molar-refractivity contribution in [3.63, 3.8) is 0 Å². The largest absolute Gasteiger partial charge is 0.381 e. The van der Waals surface area contributed by atoms with Crippen molar-refractivity contribution >= 4 is 0 Å². The number of hydrogen-bond acceptors (Lipinski definition) is 3. The van der Waals surface area contributed by atoms with Gasteiger partial charge in [-0.3, -0.25) is 4.90 Å². The Kier molecular flexibility index (Phi) is 5.67. The third-order valence-corrected chi connectivity index (χ3v) is 4.93. The minimum absolute atomic E-state index is 0.450. The van der Waals surface area contributed by atoms with Crippen molar-refractivity contribution in [2.75, 3.05) is 39.4 Å². The summed E-state index contributed by atoms with van der Waals surface area (Å²) in [6.45, 7) is 13.8. The van der Waals surface area contributed by atoms with Crippen molar-refractivity contribution in [3.05, 3.63) is 0 Å². The predicted molar refractivity (Wildman–Crippen MR) is 80.5 cm³/mol. The maximum atomic E-state index is 5.60. The summed E-state index contributed by atoms with van der Waals surface area (Å²) in [7, 11) is 0. The first kappa shape index (κ1) is 15.3. The highest BCUT2D eigenvalue weighted by molar-refractivity contribution is 4.91. The van der Waals surface area contributed by atoms with E-state index in [2.05, 4.69) is 31.0 Å². The summed E-state index contributed by atoms with van der Waals surface area (Å²) >= 11 is 0. The fourth-order valence-corrected chi connectivity index (χ4v) is 3.76. The highest BCUT2D eigenvalue weighted by Crippen LogP contribution is 2.34. The Morgan fingerprint density at radius 2 is 2.00 bits per heavy atom. The van der Waals surface area contributed by atoms with Crippen LogP contribution in [0.4, 0.5) is 0 Å². The molecule has 2 saturated heterocycles. The first-order chi connectivity index (χ1) is 9.15. The van der Waals surface area contributed by atoms with Crippen LogP contribution < -0.4 is 5.32 Å². The summed E-state index contributed by atoms with van der Waals surface area (Å²) in [5, 5.41) is 3.66. The highest BCUT2D eigenvalue weighted by atomic mass is 16.5. The molecule has 2 atom stereocenters. The summed E-state index contributed by atoms with van der Waals surface area (Å²) in [6.07, 6.45) is 5.04. The molecular formula is C16H32N2O. The third kappa shape index (κ3) is 4.17. The second-order valence-electron chi connectivity index (χ2n) is 6.91. The number of likely N-dealkylation sites (tertiary alicyclic amines) is 1. The number of rotatable bonds is 6. The van der Waals surface area contributed by atoms with Gasteiger partial charge < -0.3 is 10.1 Å². The van der Waals surface area contributed by atoms with Crippen molar-refractivity contribution in [2.24, 2.45) is 11.3 Å². The van der Waals surface area contributed by atoms with Gasteiger partial charge in [0.2, 0.25) is 0 Å². The summed E-state index contributed by atoms with van der Waals surface area (Å²) in [5.41, 5.74) is 0.450. The summed E-state index contributed by atoms with van der Waals surface area (Å²) in [4.78, 5) is 2.73. The first-order valence-corrected chi connectivity index (χ1v) is 8.18. The van der Waals surface area contributed by atoms with Crippen LogP contribution in [0.5, 0.6) is 0 Å². The summed E-state index contributed by atoms with van der Waals surface area (Å²) in [5.74, 6) is 0.871. The lowest BCUT2D eigenvalue weighted by Crippen LogP contribution is -2.48. The van der Waals surface area contributed by atoms with Crippen LogP contribution >= 0.6 is 0 Å². The molecule has 2 unspecified atom stereocenters. The number of hydrogen-bond donors (Lipinski definition) is 1. The molecule has 0 aromatic heterocycles. The van der Waals surface area contributed by atoms with Gasteiger partial charge in [-0.2, -0.15) is 0 Å². The molecule has 0 saturated carbocycles. The molecule has 2 heterocycles. The highest BCUT2D eigenvalue weighted by Gasteiger charge is 2.37. The fraction of sp³-hybridized carbons (Fsp3) is 1.00. The topological polar surface area (TPSA) is 24.5 Å². The summed E-state index contributed by atoms with van der Waals surface area (Å²) < 4.78 is 5.60. The van der Waals surface area contributed by atoms with Crippen LogP contribution in [0.15, 0.2) is 0 Å². The van der Waals surface area contributed by atoms with Crippen molar-refractivity contribution in [2.45, 2.75) is 52.5 Å². The van der Waals surface area contributed by atoms with Crippen LogP contribution in [0.25, 0.3) is 0 Å². The van der Waals surface area contributed by atoms with E-state index in [0.717, 1.165) is 31.7 Å². The molecule has 2 rings (SSSR count). The Balaban J connectivity index is 1.92. The van der Waals surface area contributed by atoms with Crippen molar-refractivity contribution in [3.8, 4) is 0 Å². The average Bonchev–Trinajstić information content (AvgIpc) is 2.69. The molecule has 3 heteroatoms. The van der Waals surface area contributed by atoms with Crippen LogP contribution in [0, 0.1) is 11.3 Å². The molecule has 0 aromatic rings. The standard InChI is InChI=1S/C16H32N2O/c1-4-7-17-12-16(5-8-19-9-6-16)13-18-11-14(2)10-15(18)3/h14-15,17H,4-13H2,1-3H3. The molecule has 2 aliphatic rings. The fourth-order valence-electron chi connectivity index (χ4n) is 3.76. The van der Waals surface area contributed by atoms with E-state index in [0.29, 0.717) is 5.41 Å². The molecule has 0 bridgehead atoms. The second kappa shape index (κ2) is 7.05. The lowest BCUT2D eigenvalue weighted by molar-refractivity contribution is -0.00573. The average molecular weight is 268 g/mol. The Morgan fingerprint density at radius 1 is 1.26 bits per heavy atom. The smallest absolute Gasteiger partial charge is 0.0472 e. The van der Waals surface area contributed by atoms with Gasteiger partial charge in [0, 0.05) is 38.9 Å². The number of ether oxygens (including phenoxy) is 1. The number of nitrogens with one attached hydrogen (secondary N) is 1. The molecule has 0 aliphatic carbocycles. The molecule has 1 N–H and O–H groups in total. The minimum Gasteiger partial charge on any atom is -0.381 e. The van der Waals surface area contributed by atoms with E-state index in [1.165, 1.54) is 45.3 Å². The SMILES string of the molecule is CCCNCC1(CN2CC(C)CC2C)CCOCC1. The zero-order valence-corrected chi connectivity index (χ0v) is 13.1. The Morgan fingerprint density at radius 3 is 2.58 bits per heavy atom. The van der Waals surface area contributed by atoms with Gasteiger partial charge in [0.1, 0.15) is 0 Å². The molecule has 0 spiro atoms. The molecular weight excluding hydrogens is 236 g/mol. The molecule has 0 aromatic carbocycles. The molecule has 2 fully saturated rings. The Hall–Kier alpha value is -0.120. The van der Waals surface area contributed by atoms with Gasteiger partial charge >= 0.3 is 0 Å². The van der Waals surface area contributed by atoms with Gasteiger partial charge in [-0.15, -0.1) is 0 Å². The minimum atomic E-state index is 0.450. The monoisotopic (exact) mass is 268 g/mol. The number of nitrogens with zero attached hydrogens (tertiary/aromatic N) is 1. The van der Waals surface area contributed by atoms with Crippen LogP contribution in [0.1, 0.15) is 46.5 Å². The van der Waals surface area contributed by atoms with E-state index in [4.69, 9.17) is 4.74 Å². The molecule has 19 heavy (non-hydrogen) atoms. The van der Waals surface area contributed by atoms with Gasteiger partial charge in [-0.25, -0.2) is 0 Å². The maximum absolute atomic E-state index is 5.60. The van der Waals surface area contributed by atoms with E-state index in [1.54, 1.807) is 0 Å². The van der Waals surface area contributed by atoms with Crippen LogP contribution in [-0.2, 0) is 4.74 Å². The Bertz CT molecular complexity index is 263. The van der Waals surface area contributed by atoms with E-state index >= 15 is 0 Å². The first-order valence-electron chi connectivity index (χ1n) is 8.18. The molecule has 0 radical (unpaired) electrons. The zero-order chi connectivity index (χ0) is 13.7. The van der Waals surface area contributed by atoms with Crippen LogP contribution in [0.2, 0.25) is 0 Å². The lowest BCUT2D eigenvalue weighted by Gasteiger charge is -2.41. The Labute approximate surface area is 119 Å². The normalized spacial score (nSPS) is 31.7. The zero-order valence-electron chi connectivity index (χ0n) is 13.1. The quantitative estimate of drug-likeness (QED) is 0.749. The van der Waals surface area contributed by atoms with Crippen molar-refractivity contribution < 1.29 is 4.74 Å². The molecule has 2 aliphatic heterocycles. The molecule has 112 valence electrons.